The van der Waals surface area contributed by atoms with E-state index < -0.39 is 16.5 Å². The zero-order chi connectivity index (χ0) is 28.5. The van der Waals surface area contributed by atoms with E-state index in [4.69, 9.17) is 21.1 Å². The van der Waals surface area contributed by atoms with E-state index >= 15 is 0 Å². The number of hydrogen-bond donors (Lipinski definition) is 0. The molecular formula is C32H42ClN2O4S-. The molecule has 6 nitrogen and oxygen atoms in total. The van der Waals surface area contributed by atoms with Crippen molar-refractivity contribution >= 4 is 33.8 Å². The number of hydrogen-bond acceptors (Lipinski definition) is 6. The van der Waals surface area contributed by atoms with Gasteiger partial charge in [-0.1, -0.05) is 54.5 Å². The zero-order valence-corrected chi connectivity index (χ0v) is 25.5. The number of fused-ring (bicyclic) bond motifs is 3. The molecule has 0 aromatic heterocycles. The maximum absolute atomic E-state index is 13.0. The van der Waals surface area contributed by atoms with Crippen LogP contribution in [0, 0.1) is 17.8 Å². The van der Waals surface area contributed by atoms with E-state index in [0.717, 1.165) is 68.1 Å². The number of amides is 1. The Labute approximate surface area is 246 Å². The predicted octanol–water partition coefficient (Wildman–Crippen LogP) is 7.49. The average Bonchev–Trinajstić information content (AvgIpc) is 2.91. The van der Waals surface area contributed by atoms with Crippen LogP contribution in [0.4, 0.5) is 5.69 Å². The standard InChI is InChI=1S/C32H42ClN2O4S/c1-4-35-21-26-14-16-28(26)30(38-3)13-7-9-23(2)22-40(37)34-32(36)25-15-17-31(29(35)20-25)39-18-6-5-10-24-11-8-12-27(33)19-24/h7-8,11-13,15,17,19-20,23,26,28,30H,4-6,9-10,14,16,18,21-22H2,1-3H3/q-1/b13-7+/t23-,26-,28+,30-/m0/s1. The minimum absolute atomic E-state index is 0.0656. The smallest absolute Gasteiger partial charge is 0.254 e. The van der Waals surface area contributed by atoms with Crippen molar-refractivity contribution in [2.24, 2.45) is 22.1 Å². The average molecular weight is 586 g/mol. The molecule has 2 aromatic carbocycles. The van der Waals surface area contributed by atoms with Crippen LogP contribution < -0.4 is 9.64 Å². The lowest BCUT2D eigenvalue weighted by molar-refractivity contribution is 0.0135. The molecule has 2 aliphatic rings. The number of anilines is 1. The van der Waals surface area contributed by atoms with Crippen LogP contribution in [-0.2, 0) is 26.0 Å². The van der Waals surface area contributed by atoms with Crippen molar-refractivity contribution in [2.45, 2.75) is 58.5 Å². The summed E-state index contributed by atoms with van der Waals surface area (Å²) in [7, 11) is 0.205. The first kappa shape index (κ1) is 30.6. The molecule has 218 valence electrons. The summed E-state index contributed by atoms with van der Waals surface area (Å²) in [6.07, 6.45) is 10.3. The highest BCUT2D eigenvalue weighted by molar-refractivity contribution is 7.75. The summed E-state index contributed by atoms with van der Waals surface area (Å²) in [5.74, 6) is 1.75. The Morgan fingerprint density at radius 2 is 2.00 bits per heavy atom. The monoisotopic (exact) mass is 585 g/mol. The van der Waals surface area contributed by atoms with Crippen molar-refractivity contribution in [3.8, 4) is 5.75 Å². The van der Waals surface area contributed by atoms with Gasteiger partial charge in [-0.2, -0.15) is 10.6 Å². The molecule has 2 bridgehead atoms. The lowest BCUT2D eigenvalue weighted by Gasteiger charge is -2.43. The molecule has 1 amide bonds. The molecule has 1 aliphatic carbocycles. The van der Waals surface area contributed by atoms with Crippen molar-refractivity contribution in [1.29, 1.82) is 0 Å². The lowest BCUT2D eigenvalue weighted by atomic mass is 9.70. The van der Waals surface area contributed by atoms with Gasteiger partial charge < -0.3 is 22.9 Å². The van der Waals surface area contributed by atoms with E-state index in [2.05, 4.69) is 34.4 Å². The number of halogens is 1. The molecule has 8 heteroatoms. The quantitative estimate of drug-likeness (QED) is 0.182. The first-order chi connectivity index (χ1) is 19.4. The molecule has 1 aliphatic heterocycles. The molecule has 1 fully saturated rings. The third-order valence-corrected chi connectivity index (χ3v) is 9.49. The number of rotatable bonds is 8. The number of ether oxygens (including phenoxy) is 2. The first-order valence-electron chi connectivity index (χ1n) is 14.5. The molecule has 0 unspecified atom stereocenters. The molecule has 40 heavy (non-hydrogen) atoms. The van der Waals surface area contributed by atoms with Crippen molar-refractivity contribution in [2.75, 3.05) is 37.5 Å². The number of aryl methyl sites for hydroxylation is 1. The topological polar surface area (TPSA) is 68.2 Å². The second-order valence-electron chi connectivity index (χ2n) is 11.0. The van der Waals surface area contributed by atoms with Crippen molar-refractivity contribution in [3.05, 3.63) is 70.8 Å². The van der Waals surface area contributed by atoms with Gasteiger partial charge in [-0.15, -0.1) is 0 Å². The summed E-state index contributed by atoms with van der Waals surface area (Å²) in [5, 5.41) is 0.761. The van der Waals surface area contributed by atoms with E-state index in [9.17, 15) is 9.00 Å². The number of nitrogens with zero attached hydrogens (tertiary/aromatic N) is 2. The van der Waals surface area contributed by atoms with Crippen molar-refractivity contribution in [3.63, 3.8) is 0 Å². The van der Waals surface area contributed by atoms with Gasteiger partial charge in [-0.05, 0) is 93.2 Å². The Morgan fingerprint density at radius 3 is 2.73 bits per heavy atom. The number of unbranched alkanes of at least 4 members (excludes halogenated alkanes) is 1. The number of carbonyl (C=O) groups is 1. The molecule has 1 saturated carbocycles. The van der Waals surface area contributed by atoms with Crippen LogP contribution in [0.5, 0.6) is 5.75 Å². The Hall–Kier alpha value is -2.35. The van der Waals surface area contributed by atoms with Crippen molar-refractivity contribution < 1.29 is 18.5 Å². The van der Waals surface area contributed by atoms with E-state index in [-0.39, 0.29) is 12.0 Å². The molecule has 0 N–H and O–H groups in total. The second-order valence-corrected chi connectivity index (χ2v) is 12.6. The maximum atomic E-state index is 13.0. The molecule has 0 spiro atoms. The van der Waals surface area contributed by atoms with E-state index in [1.165, 1.54) is 5.56 Å². The third kappa shape index (κ3) is 8.34. The highest BCUT2D eigenvalue weighted by atomic mass is 35.5. The van der Waals surface area contributed by atoms with Gasteiger partial charge in [0.25, 0.3) is 5.91 Å². The van der Waals surface area contributed by atoms with Crippen LogP contribution in [0.2, 0.25) is 5.02 Å². The minimum atomic E-state index is -1.58. The van der Waals surface area contributed by atoms with Crippen molar-refractivity contribution in [1.82, 2.24) is 0 Å². The van der Waals surface area contributed by atoms with Gasteiger partial charge in [0.15, 0.2) is 0 Å². The van der Waals surface area contributed by atoms with Gasteiger partial charge in [0, 0.05) is 30.8 Å². The van der Waals surface area contributed by atoms with Gasteiger partial charge >= 0.3 is 0 Å². The Balaban J connectivity index is 1.54. The molecule has 0 saturated heterocycles. The summed E-state index contributed by atoms with van der Waals surface area (Å²) in [6, 6.07) is 13.4. The largest absolute Gasteiger partial charge is 0.491 e. The second kappa shape index (κ2) is 15.0. The number of carbonyl (C=O) groups excluding carboxylic acids is 1. The normalized spacial score (nSPS) is 25.0. The summed E-state index contributed by atoms with van der Waals surface area (Å²) in [5.41, 5.74) is 2.55. The van der Waals surface area contributed by atoms with Crippen LogP contribution >= 0.6 is 11.6 Å². The minimum Gasteiger partial charge on any atom is -0.491 e. The Kier molecular flexibility index (Phi) is 11.5. The number of methoxy groups -OCH3 is 1. The van der Waals surface area contributed by atoms with Gasteiger partial charge in [-0.25, -0.2) is 0 Å². The molecule has 2 aromatic rings. The fourth-order valence-electron chi connectivity index (χ4n) is 5.60. The zero-order valence-electron chi connectivity index (χ0n) is 23.9. The lowest BCUT2D eigenvalue weighted by Crippen LogP contribution is -2.43. The molecule has 0 radical (unpaired) electrons. The highest BCUT2D eigenvalue weighted by Gasteiger charge is 2.37. The van der Waals surface area contributed by atoms with Crippen LogP contribution in [0.15, 0.2) is 59.0 Å². The van der Waals surface area contributed by atoms with Gasteiger partial charge in [0.1, 0.15) is 5.75 Å². The van der Waals surface area contributed by atoms with Crippen LogP contribution in [0.25, 0.3) is 0 Å². The molecule has 4 rings (SSSR count). The maximum Gasteiger partial charge on any atom is 0.254 e. The van der Waals surface area contributed by atoms with E-state index in [1.54, 1.807) is 13.2 Å². The van der Waals surface area contributed by atoms with E-state index in [0.29, 0.717) is 29.8 Å². The first-order valence-corrected chi connectivity index (χ1v) is 16.1. The highest BCUT2D eigenvalue weighted by Crippen LogP contribution is 2.41. The summed E-state index contributed by atoms with van der Waals surface area (Å²) < 4.78 is 28.9. The molecule has 4 atom stereocenters. The fraction of sp³-hybridized carbons (Fsp3) is 0.531. The van der Waals surface area contributed by atoms with Gasteiger partial charge in [0.2, 0.25) is 0 Å². The summed E-state index contributed by atoms with van der Waals surface area (Å²) in [4.78, 5) is 15.3. The SMILES string of the molecule is CCN1C[C@@H]2CC[C@H]2[C@@H](OC)/C=C/C[C@H](C)C[S-](=O)=NC(=O)c2ccc(OCCCCc3cccc(Cl)c3)c1c2. The molecule has 1 heterocycles. The van der Waals surface area contributed by atoms with Gasteiger partial charge in [-0.3, -0.25) is 4.79 Å². The number of allylic oxidation sites excluding steroid dienone is 1. The van der Waals surface area contributed by atoms with Crippen LogP contribution in [0.3, 0.4) is 0 Å². The third-order valence-electron chi connectivity index (χ3n) is 8.04. The summed E-state index contributed by atoms with van der Waals surface area (Å²) in [6.45, 7) is 6.38. The van der Waals surface area contributed by atoms with Gasteiger partial charge in [0.05, 0.1) is 18.4 Å². The Morgan fingerprint density at radius 1 is 1.15 bits per heavy atom. The summed E-state index contributed by atoms with van der Waals surface area (Å²) >= 11 is 6.12. The number of benzene rings is 2. The Bertz CT molecular complexity index is 1260. The van der Waals surface area contributed by atoms with E-state index in [1.807, 2.05) is 37.3 Å². The fourth-order valence-corrected chi connectivity index (χ4v) is 6.80. The molecular weight excluding hydrogens is 544 g/mol. The van der Waals surface area contributed by atoms with Crippen LogP contribution in [-0.4, -0.2) is 44.6 Å². The van der Waals surface area contributed by atoms with Crippen LogP contribution in [0.1, 0.15) is 61.9 Å². The predicted molar refractivity (Wildman–Crippen MR) is 164 cm³/mol.